The predicted octanol–water partition coefficient (Wildman–Crippen LogP) is 2.93. The molecule has 1 aliphatic heterocycles. The lowest BCUT2D eigenvalue weighted by Crippen LogP contribution is -2.44. The van der Waals surface area contributed by atoms with E-state index in [-0.39, 0.29) is 18.1 Å². The van der Waals surface area contributed by atoms with Crippen LogP contribution in [0.3, 0.4) is 0 Å². The van der Waals surface area contributed by atoms with Crippen LogP contribution in [0.4, 0.5) is 4.79 Å². The topological polar surface area (TPSA) is 69.6 Å². The van der Waals surface area contributed by atoms with Gasteiger partial charge in [-0.3, -0.25) is 4.79 Å². The van der Waals surface area contributed by atoms with E-state index in [1.165, 1.54) is 9.75 Å². The molecule has 0 aliphatic carbocycles. The van der Waals surface area contributed by atoms with Crippen molar-refractivity contribution in [3.05, 3.63) is 21.4 Å². The van der Waals surface area contributed by atoms with E-state index < -0.39 is 11.9 Å². The standard InChI is InChI=1S/C15H22N2O3S/c1-8-7-13(11(4)21-8)9(2)16-15(20)17-6-5-12(10(17)3)14(18)19/h7,9-10,12H,5-6H2,1-4H3,(H,16,20)(H,18,19). The van der Waals surface area contributed by atoms with Gasteiger partial charge in [0, 0.05) is 22.3 Å². The molecule has 5 nitrogen and oxygen atoms in total. The lowest BCUT2D eigenvalue weighted by Gasteiger charge is -2.25. The number of carboxylic acids is 1. The Hall–Kier alpha value is -1.56. The minimum Gasteiger partial charge on any atom is -0.481 e. The van der Waals surface area contributed by atoms with Crippen LogP contribution in [0.15, 0.2) is 6.07 Å². The quantitative estimate of drug-likeness (QED) is 0.902. The van der Waals surface area contributed by atoms with E-state index in [9.17, 15) is 9.59 Å². The van der Waals surface area contributed by atoms with Crippen LogP contribution in [-0.4, -0.2) is 34.6 Å². The molecule has 1 aromatic heterocycles. The molecule has 2 N–H and O–H groups in total. The van der Waals surface area contributed by atoms with Gasteiger partial charge in [0.15, 0.2) is 0 Å². The highest BCUT2D eigenvalue weighted by atomic mass is 32.1. The highest BCUT2D eigenvalue weighted by Gasteiger charge is 2.38. The molecule has 1 fully saturated rings. The van der Waals surface area contributed by atoms with Crippen LogP contribution < -0.4 is 5.32 Å². The Balaban J connectivity index is 2.02. The second-order valence-electron chi connectivity index (χ2n) is 5.71. The van der Waals surface area contributed by atoms with Crippen molar-refractivity contribution in [1.82, 2.24) is 10.2 Å². The molecular formula is C15H22N2O3S. The molecule has 2 rings (SSSR count). The van der Waals surface area contributed by atoms with Crippen LogP contribution in [0, 0.1) is 19.8 Å². The highest BCUT2D eigenvalue weighted by Crippen LogP contribution is 2.28. The maximum absolute atomic E-state index is 12.4. The lowest BCUT2D eigenvalue weighted by molar-refractivity contribution is -0.142. The molecule has 0 aromatic carbocycles. The fourth-order valence-electron chi connectivity index (χ4n) is 2.98. The van der Waals surface area contributed by atoms with Crippen molar-refractivity contribution >= 4 is 23.3 Å². The number of carboxylic acid groups (broad SMARTS) is 1. The number of rotatable bonds is 3. The Kier molecular flexibility index (Phi) is 4.56. The van der Waals surface area contributed by atoms with Crippen LogP contribution >= 0.6 is 11.3 Å². The summed E-state index contributed by atoms with van der Waals surface area (Å²) in [6.45, 7) is 8.36. The molecule has 6 heteroatoms. The van der Waals surface area contributed by atoms with E-state index in [0.29, 0.717) is 13.0 Å². The molecule has 0 radical (unpaired) electrons. The second kappa shape index (κ2) is 6.05. The van der Waals surface area contributed by atoms with Gasteiger partial charge in [0.1, 0.15) is 0 Å². The maximum atomic E-state index is 12.4. The third kappa shape index (κ3) is 3.20. The predicted molar refractivity (Wildman–Crippen MR) is 82.7 cm³/mol. The van der Waals surface area contributed by atoms with Crippen molar-refractivity contribution in [3.63, 3.8) is 0 Å². The van der Waals surface area contributed by atoms with Crippen molar-refractivity contribution in [2.45, 2.75) is 46.2 Å². The number of hydrogen-bond acceptors (Lipinski definition) is 3. The highest BCUT2D eigenvalue weighted by molar-refractivity contribution is 7.12. The second-order valence-corrected chi connectivity index (χ2v) is 7.17. The first-order chi connectivity index (χ1) is 9.81. The van der Waals surface area contributed by atoms with E-state index in [1.54, 1.807) is 23.2 Å². The van der Waals surface area contributed by atoms with Gasteiger partial charge in [0.25, 0.3) is 0 Å². The van der Waals surface area contributed by atoms with Gasteiger partial charge in [-0.15, -0.1) is 11.3 Å². The number of aliphatic carboxylic acids is 1. The molecule has 3 unspecified atom stereocenters. The fraction of sp³-hybridized carbons (Fsp3) is 0.600. The van der Waals surface area contributed by atoms with Gasteiger partial charge in [-0.1, -0.05) is 0 Å². The molecule has 0 spiro atoms. The SMILES string of the molecule is Cc1cc(C(C)NC(=O)N2CCC(C(=O)O)C2C)c(C)s1. The maximum Gasteiger partial charge on any atom is 0.318 e. The van der Waals surface area contributed by atoms with Crippen molar-refractivity contribution < 1.29 is 14.7 Å². The third-order valence-corrected chi connectivity index (χ3v) is 5.20. The third-order valence-electron chi connectivity index (χ3n) is 4.22. The van der Waals surface area contributed by atoms with Crippen molar-refractivity contribution in [2.24, 2.45) is 5.92 Å². The summed E-state index contributed by atoms with van der Waals surface area (Å²) in [4.78, 5) is 27.5. The molecule has 1 aromatic rings. The van der Waals surface area contributed by atoms with Gasteiger partial charge >= 0.3 is 12.0 Å². The zero-order valence-electron chi connectivity index (χ0n) is 12.8. The van der Waals surface area contributed by atoms with Crippen molar-refractivity contribution in [2.75, 3.05) is 6.54 Å². The Bertz CT molecular complexity index is 555. The van der Waals surface area contributed by atoms with Gasteiger partial charge in [-0.25, -0.2) is 4.79 Å². The van der Waals surface area contributed by atoms with Crippen LogP contribution in [0.1, 0.15) is 41.6 Å². The minimum absolute atomic E-state index is 0.0708. The zero-order valence-corrected chi connectivity index (χ0v) is 13.7. The summed E-state index contributed by atoms with van der Waals surface area (Å²) >= 11 is 1.72. The molecule has 2 amide bonds. The first-order valence-electron chi connectivity index (χ1n) is 7.18. The van der Waals surface area contributed by atoms with E-state index in [2.05, 4.69) is 25.2 Å². The largest absolute Gasteiger partial charge is 0.481 e. The summed E-state index contributed by atoms with van der Waals surface area (Å²) in [6, 6.07) is 1.58. The molecule has 1 aliphatic rings. The number of hydrogen-bond donors (Lipinski definition) is 2. The zero-order chi connectivity index (χ0) is 15.7. The molecule has 3 atom stereocenters. The van der Waals surface area contributed by atoms with Crippen LogP contribution in [0.5, 0.6) is 0 Å². The fourth-order valence-corrected chi connectivity index (χ4v) is 4.01. The van der Waals surface area contributed by atoms with Crippen LogP contribution in [0.25, 0.3) is 0 Å². The molecule has 2 heterocycles. The summed E-state index contributed by atoms with van der Waals surface area (Å²) < 4.78 is 0. The number of carbonyl (C=O) groups excluding carboxylic acids is 1. The lowest BCUT2D eigenvalue weighted by atomic mass is 10.0. The van der Waals surface area contributed by atoms with Crippen molar-refractivity contribution in [3.8, 4) is 0 Å². The normalized spacial score (nSPS) is 23.1. The minimum atomic E-state index is -0.824. The van der Waals surface area contributed by atoms with E-state index in [0.717, 1.165) is 5.56 Å². The molecule has 0 saturated carbocycles. The van der Waals surface area contributed by atoms with Crippen molar-refractivity contribution in [1.29, 1.82) is 0 Å². The first kappa shape index (κ1) is 15.8. The molecule has 0 bridgehead atoms. The van der Waals surface area contributed by atoms with E-state index in [4.69, 9.17) is 5.11 Å². The molecular weight excluding hydrogens is 288 g/mol. The van der Waals surface area contributed by atoms with Crippen LogP contribution in [-0.2, 0) is 4.79 Å². The number of nitrogens with zero attached hydrogens (tertiary/aromatic N) is 1. The summed E-state index contributed by atoms with van der Waals surface area (Å²) in [5, 5.41) is 12.1. The van der Waals surface area contributed by atoms with Crippen LogP contribution in [0.2, 0.25) is 0 Å². The summed E-state index contributed by atoms with van der Waals surface area (Å²) in [6.07, 6.45) is 0.523. The average molecular weight is 310 g/mol. The van der Waals surface area contributed by atoms with Gasteiger partial charge in [-0.05, 0) is 45.7 Å². The molecule has 116 valence electrons. The molecule has 1 saturated heterocycles. The van der Waals surface area contributed by atoms with E-state index >= 15 is 0 Å². The number of urea groups is 1. The number of thiophene rings is 1. The van der Waals surface area contributed by atoms with Gasteiger partial charge in [0.05, 0.1) is 12.0 Å². The Morgan fingerprint density at radius 1 is 1.48 bits per heavy atom. The summed E-state index contributed by atoms with van der Waals surface area (Å²) in [5.41, 5.74) is 1.13. The number of likely N-dealkylation sites (tertiary alicyclic amines) is 1. The van der Waals surface area contributed by atoms with E-state index in [1.807, 2.05) is 6.92 Å². The Morgan fingerprint density at radius 3 is 2.62 bits per heavy atom. The monoisotopic (exact) mass is 310 g/mol. The van der Waals surface area contributed by atoms with Gasteiger partial charge in [-0.2, -0.15) is 0 Å². The Morgan fingerprint density at radius 2 is 2.14 bits per heavy atom. The average Bonchev–Trinajstić information content (AvgIpc) is 2.92. The van der Waals surface area contributed by atoms with Gasteiger partial charge in [0.2, 0.25) is 0 Å². The summed E-state index contributed by atoms with van der Waals surface area (Å²) in [7, 11) is 0. The number of nitrogens with one attached hydrogen (secondary N) is 1. The first-order valence-corrected chi connectivity index (χ1v) is 7.99. The summed E-state index contributed by atoms with van der Waals surface area (Å²) in [5.74, 6) is -1.29. The smallest absolute Gasteiger partial charge is 0.318 e. The molecule has 21 heavy (non-hydrogen) atoms. The number of aryl methyl sites for hydroxylation is 2. The number of carbonyl (C=O) groups is 2. The van der Waals surface area contributed by atoms with Gasteiger partial charge < -0.3 is 15.3 Å². The Labute approximate surface area is 129 Å². The number of amides is 2.